The number of nitrogens with two attached hydrogens (primary N) is 1. The van der Waals surface area contributed by atoms with Crippen molar-refractivity contribution in [3.63, 3.8) is 0 Å². The summed E-state index contributed by atoms with van der Waals surface area (Å²) < 4.78 is 0. The molecule has 0 bridgehead atoms. The molecule has 0 aliphatic heterocycles. The van der Waals surface area contributed by atoms with Gasteiger partial charge in [-0.05, 0) is 48.2 Å². The maximum atomic E-state index is 6.11. The molecular formula is C16H17N. The second-order valence-corrected chi connectivity index (χ2v) is 4.32. The highest BCUT2D eigenvalue weighted by Crippen LogP contribution is 2.31. The predicted molar refractivity (Wildman–Crippen MR) is 75.9 cm³/mol. The van der Waals surface area contributed by atoms with Crippen LogP contribution in [0.2, 0.25) is 0 Å². The van der Waals surface area contributed by atoms with Gasteiger partial charge in [-0.3, -0.25) is 0 Å². The molecule has 0 atom stereocenters. The summed E-state index contributed by atoms with van der Waals surface area (Å²) in [5.41, 5.74) is 12.8. The Morgan fingerprint density at radius 2 is 1.65 bits per heavy atom. The van der Waals surface area contributed by atoms with E-state index in [4.69, 9.17) is 5.73 Å². The van der Waals surface area contributed by atoms with E-state index >= 15 is 0 Å². The van der Waals surface area contributed by atoms with Gasteiger partial charge in [0, 0.05) is 11.3 Å². The lowest BCUT2D eigenvalue weighted by atomic mass is 9.95. The summed E-state index contributed by atoms with van der Waals surface area (Å²) >= 11 is 0. The molecule has 1 nitrogen and oxygen atoms in total. The van der Waals surface area contributed by atoms with Crippen LogP contribution in [0.25, 0.3) is 17.2 Å². The first-order valence-corrected chi connectivity index (χ1v) is 5.72. The summed E-state index contributed by atoms with van der Waals surface area (Å²) in [6, 6.07) is 12.3. The number of aryl methyl sites for hydroxylation is 2. The molecule has 0 amide bonds. The van der Waals surface area contributed by atoms with Crippen LogP contribution in [0, 0.1) is 13.8 Å². The van der Waals surface area contributed by atoms with Crippen LogP contribution in [-0.4, -0.2) is 0 Å². The van der Waals surface area contributed by atoms with E-state index in [0.717, 1.165) is 22.4 Å². The molecule has 2 rings (SSSR count). The zero-order valence-corrected chi connectivity index (χ0v) is 10.3. The van der Waals surface area contributed by atoms with Crippen molar-refractivity contribution in [2.24, 2.45) is 0 Å². The predicted octanol–water partition coefficient (Wildman–Crippen LogP) is 4.20. The highest BCUT2D eigenvalue weighted by molar-refractivity contribution is 5.83. The monoisotopic (exact) mass is 223 g/mol. The molecule has 0 heterocycles. The minimum atomic E-state index is 0.822. The zero-order chi connectivity index (χ0) is 12.4. The maximum Gasteiger partial charge on any atom is 0.0396 e. The lowest BCUT2D eigenvalue weighted by Crippen LogP contribution is -1.94. The lowest BCUT2D eigenvalue weighted by molar-refractivity contribution is 1.34. The van der Waals surface area contributed by atoms with Gasteiger partial charge in [-0.15, -0.1) is 0 Å². The molecule has 0 saturated carbocycles. The van der Waals surface area contributed by atoms with E-state index in [-0.39, 0.29) is 0 Å². The van der Waals surface area contributed by atoms with Gasteiger partial charge in [-0.1, -0.05) is 36.9 Å². The van der Waals surface area contributed by atoms with Gasteiger partial charge in [0.1, 0.15) is 0 Å². The standard InChI is InChI=1S/C16H17N/c1-4-13-7-5-6-8-14(13)15-9-11(2)12(3)10-16(15)17/h4-10H,1,17H2,2-3H3. The van der Waals surface area contributed by atoms with E-state index in [9.17, 15) is 0 Å². The Kier molecular flexibility index (Phi) is 3.01. The van der Waals surface area contributed by atoms with Crippen LogP contribution in [0.15, 0.2) is 43.0 Å². The second-order valence-electron chi connectivity index (χ2n) is 4.32. The van der Waals surface area contributed by atoms with E-state index in [0.29, 0.717) is 0 Å². The van der Waals surface area contributed by atoms with Gasteiger partial charge >= 0.3 is 0 Å². The fraction of sp³-hybridized carbons (Fsp3) is 0.125. The molecule has 0 aliphatic carbocycles. The summed E-state index contributed by atoms with van der Waals surface area (Å²) in [5.74, 6) is 0. The van der Waals surface area contributed by atoms with Gasteiger partial charge in [-0.25, -0.2) is 0 Å². The van der Waals surface area contributed by atoms with E-state index in [1.165, 1.54) is 11.1 Å². The van der Waals surface area contributed by atoms with Crippen molar-refractivity contribution in [1.29, 1.82) is 0 Å². The van der Waals surface area contributed by atoms with Crippen LogP contribution in [0.3, 0.4) is 0 Å². The van der Waals surface area contributed by atoms with Gasteiger partial charge < -0.3 is 5.73 Å². The van der Waals surface area contributed by atoms with Crippen molar-refractivity contribution in [2.45, 2.75) is 13.8 Å². The Labute approximate surface area is 103 Å². The maximum absolute atomic E-state index is 6.11. The first kappa shape index (κ1) is 11.5. The smallest absolute Gasteiger partial charge is 0.0396 e. The van der Waals surface area contributed by atoms with E-state index in [1.807, 2.05) is 24.3 Å². The number of hydrogen-bond donors (Lipinski definition) is 1. The lowest BCUT2D eigenvalue weighted by Gasteiger charge is -2.12. The number of hydrogen-bond acceptors (Lipinski definition) is 1. The van der Waals surface area contributed by atoms with Crippen molar-refractivity contribution < 1.29 is 0 Å². The fourth-order valence-corrected chi connectivity index (χ4v) is 1.99. The minimum absolute atomic E-state index is 0.822. The fourth-order valence-electron chi connectivity index (χ4n) is 1.99. The average molecular weight is 223 g/mol. The Morgan fingerprint density at radius 3 is 2.35 bits per heavy atom. The molecule has 2 N–H and O–H groups in total. The van der Waals surface area contributed by atoms with Gasteiger partial charge in [0.05, 0.1) is 0 Å². The molecule has 0 radical (unpaired) electrons. The van der Waals surface area contributed by atoms with Gasteiger partial charge in [-0.2, -0.15) is 0 Å². The Hall–Kier alpha value is -2.02. The molecular weight excluding hydrogens is 206 g/mol. The van der Waals surface area contributed by atoms with Crippen molar-refractivity contribution in [2.75, 3.05) is 5.73 Å². The Morgan fingerprint density at radius 1 is 1.00 bits per heavy atom. The van der Waals surface area contributed by atoms with Gasteiger partial charge in [0.15, 0.2) is 0 Å². The summed E-state index contributed by atoms with van der Waals surface area (Å²) in [4.78, 5) is 0. The van der Waals surface area contributed by atoms with Crippen molar-refractivity contribution in [3.05, 3.63) is 59.7 Å². The van der Waals surface area contributed by atoms with Crippen molar-refractivity contribution >= 4 is 11.8 Å². The summed E-state index contributed by atoms with van der Waals surface area (Å²) in [6.45, 7) is 8.03. The first-order valence-electron chi connectivity index (χ1n) is 5.72. The third kappa shape index (κ3) is 2.09. The number of rotatable bonds is 2. The molecule has 1 heteroatoms. The first-order chi connectivity index (χ1) is 8.13. The summed E-state index contributed by atoms with van der Waals surface area (Å²) in [6.07, 6.45) is 1.87. The quantitative estimate of drug-likeness (QED) is 0.759. The average Bonchev–Trinajstić information content (AvgIpc) is 2.34. The number of anilines is 1. The highest BCUT2D eigenvalue weighted by Gasteiger charge is 2.07. The molecule has 0 fully saturated rings. The molecule has 2 aromatic rings. The van der Waals surface area contributed by atoms with E-state index in [2.05, 4.69) is 38.6 Å². The third-order valence-electron chi connectivity index (χ3n) is 3.14. The molecule has 0 unspecified atom stereocenters. The molecule has 0 aromatic heterocycles. The molecule has 17 heavy (non-hydrogen) atoms. The van der Waals surface area contributed by atoms with Gasteiger partial charge in [0.25, 0.3) is 0 Å². The summed E-state index contributed by atoms with van der Waals surface area (Å²) in [5, 5.41) is 0. The Bertz CT molecular complexity index is 568. The minimum Gasteiger partial charge on any atom is -0.398 e. The van der Waals surface area contributed by atoms with Gasteiger partial charge in [0.2, 0.25) is 0 Å². The summed E-state index contributed by atoms with van der Waals surface area (Å²) in [7, 11) is 0. The van der Waals surface area contributed by atoms with Crippen LogP contribution in [0.4, 0.5) is 5.69 Å². The molecule has 0 saturated heterocycles. The van der Waals surface area contributed by atoms with Crippen LogP contribution >= 0.6 is 0 Å². The Balaban J connectivity index is 2.68. The number of nitrogen functional groups attached to an aromatic ring is 1. The SMILES string of the molecule is C=Cc1ccccc1-c1cc(C)c(C)cc1N. The molecule has 2 aromatic carbocycles. The van der Waals surface area contributed by atoms with Crippen LogP contribution < -0.4 is 5.73 Å². The topological polar surface area (TPSA) is 26.0 Å². The largest absolute Gasteiger partial charge is 0.398 e. The van der Waals surface area contributed by atoms with Crippen molar-refractivity contribution in [3.8, 4) is 11.1 Å². The second kappa shape index (κ2) is 4.46. The van der Waals surface area contributed by atoms with Crippen LogP contribution in [-0.2, 0) is 0 Å². The van der Waals surface area contributed by atoms with Crippen LogP contribution in [0.5, 0.6) is 0 Å². The molecule has 0 aliphatic rings. The normalized spacial score (nSPS) is 10.2. The number of benzene rings is 2. The van der Waals surface area contributed by atoms with E-state index in [1.54, 1.807) is 0 Å². The van der Waals surface area contributed by atoms with Crippen molar-refractivity contribution in [1.82, 2.24) is 0 Å². The molecule has 0 spiro atoms. The highest BCUT2D eigenvalue weighted by atomic mass is 14.6. The zero-order valence-electron chi connectivity index (χ0n) is 10.3. The third-order valence-corrected chi connectivity index (χ3v) is 3.14. The molecule has 86 valence electrons. The van der Waals surface area contributed by atoms with Crippen LogP contribution in [0.1, 0.15) is 16.7 Å². The van der Waals surface area contributed by atoms with E-state index < -0.39 is 0 Å².